The van der Waals surface area contributed by atoms with E-state index in [4.69, 9.17) is 0 Å². The number of pyridine rings is 1. The van der Waals surface area contributed by atoms with Crippen molar-refractivity contribution in [1.82, 2.24) is 19.7 Å². The van der Waals surface area contributed by atoms with Crippen LogP contribution in [-0.4, -0.2) is 43.3 Å². The smallest absolute Gasteiger partial charge is 0.274 e. The lowest BCUT2D eigenvalue weighted by Crippen LogP contribution is -2.47. The standard InChI is InChI=1S/C22H20F2N4O3S/c1-10-7-28-16(11(10)2)9-27-8-14(19(29)20(30)18(27)22(28)31)21-26-25-17(32-21)5-12-3-4-13(23)6-15(12)24/h3-4,6,8,10-11,16,30H,5,7,9H2,1-2H3/t10-,11-,16-/m1/s1. The van der Waals surface area contributed by atoms with Gasteiger partial charge in [-0.2, -0.15) is 0 Å². The second kappa shape index (κ2) is 7.47. The highest BCUT2D eigenvalue weighted by molar-refractivity contribution is 7.14. The van der Waals surface area contributed by atoms with Gasteiger partial charge in [-0.1, -0.05) is 31.3 Å². The average molecular weight is 458 g/mol. The van der Waals surface area contributed by atoms with Crippen LogP contribution in [0.15, 0.2) is 29.2 Å². The summed E-state index contributed by atoms with van der Waals surface area (Å²) in [5, 5.41) is 19.4. The van der Waals surface area contributed by atoms with Crippen LogP contribution in [0.25, 0.3) is 10.6 Å². The maximum atomic E-state index is 14.0. The van der Waals surface area contributed by atoms with Crippen molar-refractivity contribution in [3.05, 3.63) is 62.5 Å². The van der Waals surface area contributed by atoms with E-state index in [-0.39, 0.29) is 46.1 Å². The summed E-state index contributed by atoms with van der Waals surface area (Å²) < 4.78 is 28.7. The van der Waals surface area contributed by atoms with Gasteiger partial charge in [-0.15, -0.1) is 10.2 Å². The molecule has 5 rings (SSSR count). The van der Waals surface area contributed by atoms with Gasteiger partial charge >= 0.3 is 0 Å². The lowest BCUT2D eigenvalue weighted by Gasteiger charge is -2.34. The molecule has 1 fully saturated rings. The number of benzene rings is 1. The highest BCUT2D eigenvalue weighted by Gasteiger charge is 2.44. The van der Waals surface area contributed by atoms with Gasteiger partial charge in [0, 0.05) is 31.8 Å². The fourth-order valence-corrected chi connectivity index (χ4v) is 5.41. The van der Waals surface area contributed by atoms with E-state index in [1.54, 1.807) is 15.7 Å². The monoisotopic (exact) mass is 458 g/mol. The Morgan fingerprint density at radius 1 is 1.19 bits per heavy atom. The van der Waals surface area contributed by atoms with Crippen LogP contribution in [0.3, 0.4) is 0 Å². The number of hydrogen-bond donors (Lipinski definition) is 1. The zero-order valence-electron chi connectivity index (χ0n) is 17.4. The SMILES string of the molecule is C[C@@H]1[C@H](C)CN2C(=O)c3c(O)c(=O)c(-c4nnc(Cc5ccc(F)cc5F)s4)cn3C[C@H]12. The van der Waals surface area contributed by atoms with Crippen LogP contribution in [0.1, 0.15) is 34.9 Å². The van der Waals surface area contributed by atoms with Gasteiger partial charge in [0.1, 0.15) is 16.6 Å². The van der Waals surface area contributed by atoms with Gasteiger partial charge in [-0.3, -0.25) is 9.59 Å². The predicted molar refractivity (Wildman–Crippen MR) is 114 cm³/mol. The summed E-state index contributed by atoms with van der Waals surface area (Å²) in [4.78, 5) is 27.6. The third-order valence-electron chi connectivity index (χ3n) is 6.55. The Hall–Kier alpha value is -3.14. The van der Waals surface area contributed by atoms with Gasteiger partial charge in [0.2, 0.25) is 5.43 Å². The molecule has 166 valence electrons. The first-order valence-electron chi connectivity index (χ1n) is 10.3. The molecule has 1 amide bonds. The van der Waals surface area contributed by atoms with Crippen LogP contribution in [-0.2, 0) is 13.0 Å². The number of amides is 1. The number of aromatic nitrogens is 3. The third kappa shape index (κ3) is 3.21. The second-order valence-corrected chi connectivity index (χ2v) is 9.56. The van der Waals surface area contributed by atoms with Gasteiger partial charge in [-0.05, 0) is 23.5 Å². The largest absolute Gasteiger partial charge is 0.503 e. The number of aromatic hydroxyl groups is 1. The number of halogens is 2. The van der Waals surface area contributed by atoms with Crippen molar-refractivity contribution in [2.24, 2.45) is 11.8 Å². The summed E-state index contributed by atoms with van der Waals surface area (Å²) in [5.74, 6) is -1.68. The summed E-state index contributed by atoms with van der Waals surface area (Å²) in [6.45, 7) is 5.25. The zero-order valence-corrected chi connectivity index (χ0v) is 18.2. The Morgan fingerprint density at radius 2 is 1.97 bits per heavy atom. The minimum atomic E-state index is -0.695. The predicted octanol–water partition coefficient (Wildman–Crippen LogP) is 3.05. The Balaban J connectivity index is 1.51. The van der Waals surface area contributed by atoms with E-state index < -0.39 is 22.8 Å². The maximum Gasteiger partial charge on any atom is 0.274 e. The van der Waals surface area contributed by atoms with Crippen molar-refractivity contribution in [2.75, 3.05) is 6.54 Å². The number of carbonyl (C=O) groups excluding carboxylic acids is 1. The minimum Gasteiger partial charge on any atom is -0.503 e. The minimum absolute atomic E-state index is 0.00516. The van der Waals surface area contributed by atoms with Crippen molar-refractivity contribution in [1.29, 1.82) is 0 Å². The van der Waals surface area contributed by atoms with E-state index in [0.717, 1.165) is 17.4 Å². The molecular weight excluding hydrogens is 438 g/mol. The summed E-state index contributed by atoms with van der Waals surface area (Å²) >= 11 is 1.09. The van der Waals surface area contributed by atoms with Crippen molar-refractivity contribution < 1.29 is 18.7 Å². The lowest BCUT2D eigenvalue weighted by atomic mass is 9.93. The molecule has 1 N–H and O–H groups in total. The summed E-state index contributed by atoms with van der Waals surface area (Å²) in [6.07, 6.45) is 1.64. The first-order valence-corrected chi connectivity index (χ1v) is 11.1. The van der Waals surface area contributed by atoms with Gasteiger partial charge in [0.05, 0.1) is 11.6 Å². The zero-order chi connectivity index (χ0) is 22.7. The van der Waals surface area contributed by atoms with E-state index in [2.05, 4.69) is 24.0 Å². The topological polar surface area (TPSA) is 88.3 Å². The van der Waals surface area contributed by atoms with Crippen molar-refractivity contribution >= 4 is 17.2 Å². The van der Waals surface area contributed by atoms with Crippen molar-refractivity contribution in [3.8, 4) is 16.3 Å². The Morgan fingerprint density at radius 3 is 2.72 bits per heavy atom. The van der Waals surface area contributed by atoms with Crippen LogP contribution >= 0.6 is 11.3 Å². The molecule has 0 bridgehead atoms. The molecule has 10 heteroatoms. The molecular formula is C22H20F2N4O3S. The van der Waals surface area contributed by atoms with Gasteiger partial charge in [-0.25, -0.2) is 8.78 Å². The first-order chi connectivity index (χ1) is 15.2. The normalized spacial score (nSPS) is 22.2. The van der Waals surface area contributed by atoms with Gasteiger partial charge < -0.3 is 14.6 Å². The third-order valence-corrected chi connectivity index (χ3v) is 7.50. The number of carbonyl (C=O) groups is 1. The molecule has 7 nitrogen and oxygen atoms in total. The lowest BCUT2D eigenvalue weighted by molar-refractivity contribution is 0.0637. The van der Waals surface area contributed by atoms with Gasteiger partial charge in [0.15, 0.2) is 16.5 Å². The van der Waals surface area contributed by atoms with E-state index >= 15 is 0 Å². The quantitative estimate of drug-likeness (QED) is 0.652. The van der Waals surface area contributed by atoms with Crippen LogP contribution in [0.5, 0.6) is 5.75 Å². The second-order valence-electron chi connectivity index (χ2n) is 8.50. The van der Waals surface area contributed by atoms with Crippen LogP contribution < -0.4 is 5.43 Å². The molecule has 2 aliphatic heterocycles. The molecule has 1 aromatic carbocycles. The van der Waals surface area contributed by atoms with E-state index in [0.29, 0.717) is 24.0 Å². The summed E-state index contributed by atoms with van der Waals surface area (Å²) in [5.41, 5.74) is -0.308. The number of nitrogens with zero attached hydrogens (tertiary/aromatic N) is 4. The van der Waals surface area contributed by atoms with Gasteiger partial charge in [0.25, 0.3) is 5.91 Å². The number of rotatable bonds is 3. The van der Waals surface area contributed by atoms with Crippen LogP contribution in [0.4, 0.5) is 8.78 Å². The molecule has 0 aliphatic carbocycles. The first kappa shape index (κ1) is 20.7. The van der Waals surface area contributed by atoms with E-state index in [1.807, 2.05) is 0 Å². The van der Waals surface area contributed by atoms with Crippen molar-refractivity contribution in [2.45, 2.75) is 32.9 Å². The van der Waals surface area contributed by atoms with Crippen molar-refractivity contribution in [3.63, 3.8) is 0 Å². The molecule has 3 atom stereocenters. The Bertz CT molecular complexity index is 1300. The fraction of sp³-hybridized carbons (Fsp3) is 0.364. The molecule has 1 saturated heterocycles. The highest BCUT2D eigenvalue weighted by atomic mass is 32.1. The Labute approximate surface area is 186 Å². The van der Waals surface area contributed by atoms with E-state index in [1.165, 1.54) is 12.1 Å². The molecule has 2 aromatic heterocycles. The molecule has 0 unspecified atom stereocenters. The average Bonchev–Trinajstić information content (AvgIpc) is 3.32. The molecule has 3 aromatic rings. The fourth-order valence-electron chi connectivity index (χ4n) is 4.54. The van der Waals surface area contributed by atoms with E-state index in [9.17, 15) is 23.5 Å². The molecule has 32 heavy (non-hydrogen) atoms. The maximum absolute atomic E-state index is 14.0. The molecule has 4 heterocycles. The molecule has 0 radical (unpaired) electrons. The molecule has 2 aliphatic rings. The summed E-state index contributed by atoms with van der Waals surface area (Å²) in [7, 11) is 0. The summed E-state index contributed by atoms with van der Waals surface area (Å²) in [6, 6.07) is 3.30. The highest BCUT2D eigenvalue weighted by Crippen LogP contribution is 2.37. The number of fused-ring (bicyclic) bond motifs is 2. The van der Waals surface area contributed by atoms with Crippen LogP contribution in [0.2, 0.25) is 0 Å². The molecule has 0 spiro atoms. The number of hydrogen-bond acceptors (Lipinski definition) is 6. The Kier molecular flexibility index (Phi) is 4.85. The van der Waals surface area contributed by atoms with Crippen LogP contribution in [0, 0.1) is 23.5 Å². The molecule has 0 saturated carbocycles.